The van der Waals surface area contributed by atoms with Crippen LogP contribution in [0.1, 0.15) is 43.0 Å². The van der Waals surface area contributed by atoms with Crippen molar-refractivity contribution in [3.05, 3.63) is 48.0 Å². The molecular weight excluding hydrogens is 222 g/mol. The highest BCUT2D eigenvalue weighted by Crippen LogP contribution is 2.39. The fourth-order valence-corrected chi connectivity index (χ4v) is 3.32. The maximum Gasteiger partial charge on any atom is 0.254 e. The number of nitrogens with zero attached hydrogens (tertiary/aromatic N) is 1. The van der Waals surface area contributed by atoms with Crippen molar-refractivity contribution in [2.75, 3.05) is 0 Å². The number of carbonyl (C=O) groups is 1. The van der Waals surface area contributed by atoms with Gasteiger partial charge in [-0.05, 0) is 44.7 Å². The Morgan fingerprint density at radius 2 is 2.11 bits per heavy atom. The SMILES string of the molecule is C[C@]12CC=C[C@H](CCC1)N2C(=O)c1ccccc1. The van der Waals surface area contributed by atoms with Gasteiger partial charge in [0.15, 0.2) is 0 Å². The molecule has 0 radical (unpaired) electrons. The Kier molecular flexibility index (Phi) is 2.73. The summed E-state index contributed by atoms with van der Waals surface area (Å²) in [7, 11) is 0. The smallest absolute Gasteiger partial charge is 0.254 e. The third kappa shape index (κ3) is 1.76. The Hall–Kier alpha value is -1.57. The van der Waals surface area contributed by atoms with Crippen molar-refractivity contribution in [3.63, 3.8) is 0 Å². The quantitative estimate of drug-likeness (QED) is 0.690. The van der Waals surface area contributed by atoms with Gasteiger partial charge in [0.25, 0.3) is 5.91 Å². The van der Waals surface area contributed by atoms with Gasteiger partial charge in [0.1, 0.15) is 0 Å². The van der Waals surface area contributed by atoms with Gasteiger partial charge in [-0.1, -0.05) is 30.4 Å². The van der Waals surface area contributed by atoms with Crippen LogP contribution in [0.2, 0.25) is 0 Å². The largest absolute Gasteiger partial charge is 0.327 e. The Balaban J connectivity index is 1.96. The highest BCUT2D eigenvalue weighted by molar-refractivity contribution is 5.95. The second-order valence-corrected chi connectivity index (χ2v) is 5.63. The minimum Gasteiger partial charge on any atom is -0.327 e. The first kappa shape index (κ1) is 11.5. The van der Waals surface area contributed by atoms with Crippen molar-refractivity contribution < 1.29 is 4.79 Å². The molecule has 2 atom stereocenters. The molecule has 2 aliphatic heterocycles. The summed E-state index contributed by atoms with van der Waals surface area (Å²) in [5.41, 5.74) is 0.829. The van der Waals surface area contributed by atoms with Gasteiger partial charge in [-0.15, -0.1) is 0 Å². The monoisotopic (exact) mass is 241 g/mol. The third-order valence-corrected chi connectivity index (χ3v) is 4.28. The molecule has 0 unspecified atom stereocenters. The maximum absolute atomic E-state index is 12.7. The molecule has 0 aromatic heterocycles. The number of hydrogen-bond donors (Lipinski definition) is 0. The lowest BCUT2D eigenvalue weighted by atomic mass is 9.78. The molecule has 0 aliphatic carbocycles. The molecule has 2 heterocycles. The van der Waals surface area contributed by atoms with Crippen LogP contribution >= 0.6 is 0 Å². The zero-order valence-corrected chi connectivity index (χ0v) is 10.8. The summed E-state index contributed by atoms with van der Waals surface area (Å²) >= 11 is 0. The lowest BCUT2D eigenvalue weighted by Gasteiger charge is -2.51. The second kappa shape index (κ2) is 4.27. The fourth-order valence-electron chi connectivity index (χ4n) is 3.32. The van der Waals surface area contributed by atoms with Gasteiger partial charge in [0, 0.05) is 11.1 Å². The van der Waals surface area contributed by atoms with Gasteiger partial charge >= 0.3 is 0 Å². The average molecular weight is 241 g/mol. The van der Waals surface area contributed by atoms with E-state index in [9.17, 15) is 4.79 Å². The first-order chi connectivity index (χ1) is 8.71. The van der Waals surface area contributed by atoms with Crippen LogP contribution in [0.25, 0.3) is 0 Å². The van der Waals surface area contributed by atoms with E-state index in [0.717, 1.165) is 24.8 Å². The summed E-state index contributed by atoms with van der Waals surface area (Å²) in [5.74, 6) is 0.187. The van der Waals surface area contributed by atoms with Crippen LogP contribution in [0, 0.1) is 0 Å². The summed E-state index contributed by atoms with van der Waals surface area (Å²) in [6, 6.07) is 9.95. The highest BCUT2D eigenvalue weighted by atomic mass is 16.2. The number of amides is 1. The maximum atomic E-state index is 12.7. The van der Waals surface area contributed by atoms with E-state index in [2.05, 4.69) is 24.0 Å². The van der Waals surface area contributed by atoms with E-state index in [0.29, 0.717) is 6.04 Å². The lowest BCUT2D eigenvalue weighted by Crippen LogP contribution is -2.58. The van der Waals surface area contributed by atoms with E-state index >= 15 is 0 Å². The molecule has 0 saturated carbocycles. The van der Waals surface area contributed by atoms with Gasteiger partial charge in [-0.25, -0.2) is 0 Å². The van der Waals surface area contributed by atoms with E-state index in [1.54, 1.807) is 0 Å². The minimum atomic E-state index is 0.0184. The van der Waals surface area contributed by atoms with Gasteiger partial charge in [0.05, 0.1) is 6.04 Å². The molecule has 2 heteroatoms. The van der Waals surface area contributed by atoms with Crippen molar-refractivity contribution in [1.29, 1.82) is 0 Å². The first-order valence-electron chi connectivity index (χ1n) is 6.76. The molecule has 1 amide bonds. The van der Waals surface area contributed by atoms with Crippen LogP contribution in [-0.2, 0) is 0 Å². The van der Waals surface area contributed by atoms with Crippen LogP contribution in [0.5, 0.6) is 0 Å². The predicted molar refractivity (Wildman–Crippen MR) is 72.4 cm³/mol. The summed E-state index contributed by atoms with van der Waals surface area (Å²) in [6.07, 6.45) is 8.89. The van der Waals surface area contributed by atoms with E-state index in [1.165, 1.54) is 6.42 Å². The predicted octanol–water partition coefficient (Wildman–Crippen LogP) is 3.40. The van der Waals surface area contributed by atoms with Gasteiger partial charge in [-0.2, -0.15) is 0 Å². The summed E-state index contributed by atoms with van der Waals surface area (Å²) in [6.45, 7) is 2.23. The van der Waals surface area contributed by atoms with E-state index in [4.69, 9.17) is 0 Å². The van der Waals surface area contributed by atoms with Crippen molar-refractivity contribution >= 4 is 5.91 Å². The number of hydrogen-bond acceptors (Lipinski definition) is 1. The van der Waals surface area contributed by atoms with Crippen molar-refractivity contribution in [2.24, 2.45) is 0 Å². The topological polar surface area (TPSA) is 20.3 Å². The van der Waals surface area contributed by atoms with Gasteiger partial charge in [-0.3, -0.25) is 4.79 Å². The molecule has 2 nitrogen and oxygen atoms in total. The van der Waals surface area contributed by atoms with Crippen LogP contribution < -0.4 is 0 Å². The number of fused-ring (bicyclic) bond motifs is 2. The van der Waals surface area contributed by atoms with Crippen LogP contribution in [-0.4, -0.2) is 22.4 Å². The van der Waals surface area contributed by atoms with Crippen molar-refractivity contribution in [3.8, 4) is 0 Å². The summed E-state index contributed by atoms with van der Waals surface area (Å²) in [5, 5.41) is 0. The lowest BCUT2D eigenvalue weighted by molar-refractivity contribution is 0.0199. The zero-order chi connectivity index (χ0) is 12.6. The van der Waals surface area contributed by atoms with Crippen LogP contribution in [0.3, 0.4) is 0 Å². The van der Waals surface area contributed by atoms with Crippen LogP contribution in [0.4, 0.5) is 0 Å². The van der Waals surface area contributed by atoms with E-state index < -0.39 is 0 Å². The van der Waals surface area contributed by atoms with Crippen molar-refractivity contribution in [1.82, 2.24) is 4.90 Å². The Morgan fingerprint density at radius 1 is 1.33 bits per heavy atom. The molecule has 1 aromatic carbocycles. The number of piperidine rings is 1. The summed E-state index contributed by atoms with van der Waals surface area (Å²) < 4.78 is 0. The van der Waals surface area contributed by atoms with E-state index in [1.807, 2.05) is 30.3 Å². The Morgan fingerprint density at radius 3 is 2.83 bits per heavy atom. The fraction of sp³-hybridized carbons (Fsp3) is 0.438. The molecule has 18 heavy (non-hydrogen) atoms. The van der Waals surface area contributed by atoms with Crippen LogP contribution in [0.15, 0.2) is 42.5 Å². The number of rotatable bonds is 1. The molecule has 0 spiro atoms. The molecule has 2 bridgehead atoms. The first-order valence-corrected chi connectivity index (χ1v) is 6.76. The standard InChI is InChI=1S/C16H19NO/c1-16-11-5-9-14(10-6-12-16)17(16)15(18)13-7-3-2-4-8-13/h2-5,7-9,14H,6,10-12H2,1H3/t14-,16+/m1/s1. The molecule has 3 rings (SSSR count). The molecule has 94 valence electrons. The second-order valence-electron chi connectivity index (χ2n) is 5.63. The number of carbonyl (C=O) groups excluding carboxylic acids is 1. The molecule has 0 N–H and O–H groups in total. The number of benzene rings is 1. The zero-order valence-electron chi connectivity index (χ0n) is 10.8. The molecule has 1 aromatic rings. The summed E-state index contributed by atoms with van der Waals surface area (Å²) in [4.78, 5) is 14.8. The van der Waals surface area contributed by atoms with E-state index in [-0.39, 0.29) is 11.4 Å². The molecular formula is C16H19NO. The molecule has 2 aliphatic rings. The Bertz CT molecular complexity index is 479. The normalized spacial score (nSPS) is 30.3. The average Bonchev–Trinajstić information content (AvgIpc) is 2.38. The highest BCUT2D eigenvalue weighted by Gasteiger charge is 2.43. The van der Waals surface area contributed by atoms with Crippen molar-refractivity contribution in [2.45, 2.75) is 44.2 Å². The molecule has 1 fully saturated rings. The molecule has 1 saturated heterocycles. The Labute approximate surface area is 108 Å². The van der Waals surface area contributed by atoms with Gasteiger partial charge < -0.3 is 4.90 Å². The third-order valence-electron chi connectivity index (χ3n) is 4.28. The minimum absolute atomic E-state index is 0.0184. The van der Waals surface area contributed by atoms with Gasteiger partial charge in [0.2, 0.25) is 0 Å².